The number of hydrogen-bond donors (Lipinski definition) is 0. The Morgan fingerprint density at radius 1 is 0.208 bits per heavy atom. The number of aryl methyl sites for hydroxylation is 12. The van der Waals surface area contributed by atoms with Gasteiger partial charge in [-0.3, -0.25) is 0 Å². The second kappa shape index (κ2) is 20.7. The van der Waals surface area contributed by atoms with E-state index in [-0.39, 0.29) is 0 Å². The molecule has 0 saturated heterocycles. The van der Waals surface area contributed by atoms with Crippen LogP contribution in [-0.2, 0) is 19.3 Å². The van der Waals surface area contributed by atoms with Crippen molar-refractivity contribution in [2.75, 3.05) is 0 Å². The molecule has 0 atom stereocenters. The molecule has 6 aromatic rings. The second-order valence-corrected chi connectivity index (χ2v) is 11.6. The molecule has 0 amide bonds. The minimum atomic E-state index is 0.426. The molecule has 0 N–H and O–H groups in total. The molecule has 20 heteroatoms. The van der Waals surface area contributed by atoms with Crippen LogP contribution in [0.2, 0.25) is 0 Å². The summed E-state index contributed by atoms with van der Waals surface area (Å²) in [4.78, 5) is 76.4. The maximum Gasteiger partial charge on any atom is 0.140 e. The van der Waals surface area contributed by atoms with Gasteiger partial charge < -0.3 is 0 Å². The van der Waals surface area contributed by atoms with Gasteiger partial charge in [0.05, 0.1) is 19.3 Å². The van der Waals surface area contributed by atoms with Crippen molar-refractivity contribution in [3.8, 4) is 0 Å². The smallest absolute Gasteiger partial charge is 0.140 e. The third-order valence-corrected chi connectivity index (χ3v) is 6.38. The maximum absolute atomic E-state index is 4.52. The molecule has 0 bridgehead atoms. The summed E-state index contributed by atoms with van der Waals surface area (Å²) in [6, 6.07) is 0. The highest BCUT2D eigenvalue weighted by Gasteiger charge is 2.11. The van der Waals surface area contributed by atoms with Crippen molar-refractivity contribution in [3.63, 3.8) is 0 Å². The van der Waals surface area contributed by atoms with Crippen LogP contribution in [-0.4, -0.2) is 89.7 Å². The highest BCUT2D eigenvalue weighted by atomic mass is 128. The third kappa shape index (κ3) is 15.6. The lowest BCUT2D eigenvalue weighted by Gasteiger charge is -2.06. The lowest BCUT2D eigenvalue weighted by Crippen LogP contribution is -2.11. The summed E-state index contributed by atoms with van der Waals surface area (Å²) in [6.45, 7) is 22.2. The zero-order valence-corrected chi connectivity index (χ0v) is 36.2. The summed E-state index contributed by atoms with van der Waals surface area (Å²) >= 11 is 4.24. The molecule has 18 nitrogen and oxygen atoms in total. The number of halogens is 2. The molecule has 278 valence electrons. The molecule has 0 spiro atoms. The number of aromatic nitrogens is 18. The normalized spacial score (nSPS) is 10.3. The minimum Gasteiger partial charge on any atom is -0.219 e. The molecule has 6 heterocycles. The van der Waals surface area contributed by atoms with Crippen molar-refractivity contribution in [2.24, 2.45) is 0 Å². The molecule has 0 unspecified atom stereocenters. The van der Waals surface area contributed by atoms with E-state index in [1.807, 2.05) is 83.1 Å². The Balaban J connectivity index is 0.000000232. The summed E-state index contributed by atoms with van der Waals surface area (Å²) in [6.07, 6.45) is 1.36. The predicted octanol–water partition coefficient (Wildman–Crippen LogP) is 4.41. The summed E-state index contributed by atoms with van der Waals surface area (Å²) < 4.78 is 0. The van der Waals surface area contributed by atoms with Crippen molar-refractivity contribution in [1.29, 1.82) is 0 Å². The van der Waals surface area contributed by atoms with Crippen molar-refractivity contribution in [2.45, 2.75) is 102 Å². The second-order valence-electron chi connectivity index (χ2n) is 11.6. The quantitative estimate of drug-likeness (QED) is 0.210. The van der Waals surface area contributed by atoms with E-state index in [2.05, 4.69) is 127 Å². The first-order chi connectivity index (χ1) is 25.1. The van der Waals surface area contributed by atoms with E-state index in [9.17, 15) is 0 Å². The van der Waals surface area contributed by atoms with Gasteiger partial charge in [-0.05, 0) is 83.1 Å². The first-order valence-corrected chi connectivity index (χ1v) is 22.6. The van der Waals surface area contributed by atoms with Gasteiger partial charge in [0.1, 0.15) is 105 Å². The third-order valence-electron chi connectivity index (χ3n) is 6.38. The van der Waals surface area contributed by atoms with E-state index in [1.165, 1.54) is 0 Å². The summed E-state index contributed by atoms with van der Waals surface area (Å²) in [7, 11) is 0. The van der Waals surface area contributed by atoms with Crippen molar-refractivity contribution in [3.05, 3.63) is 105 Å². The van der Waals surface area contributed by atoms with Crippen LogP contribution in [0.1, 0.15) is 105 Å². The van der Waals surface area contributed by atoms with Crippen molar-refractivity contribution in [1.82, 2.24) is 89.7 Å². The fraction of sp³-hybridized carbons (Fsp3) is 0.455. The molecular formula is C33H42I2N18. The lowest BCUT2D eigenvalue weighted by atomic mass is 10.3. The number of nitrogens with zero attached hydrogens (tertiary/aromatic N) is 18. The molecule has 0 fully saturated rings. The molecule has 0 aliphatic carbocycles. The zero-order valence-electron chi connectivity index (χ0n) is 31.9. The molecule has 53 heavy (non-hydrogen) atoms. The zero-order chi connectivity index (χ0) is 39.2. The van der Waals surface area contributed by atoms with Crippen LogP contribution in [0.5, 0.6) is 0 Å². The lowest BCUT2D eigenvalue weighted by molar-refractivity contribution is 0.756. The Labute approximate surface area is 332 Å². The Bertz CT molecular complexity index is 1890. The van der Waals surface area contributed by atoms with Gasteiger partial charge in [0, 0.05) is 37.2 Å². The Hall–Kier alpha value is -4.48. The highest BCUT2D eigenvalue weighted by molar-refractivity contribution is 15.0. The largest absolute Gasteiger partial charge is 0.219 e. The van der Waals surface area contributed by atoms with Crippen LogP contribution in [0.3, 0.4) is 0 Å². The fourth-order valence-electron chi connectivity index (χ4n) is 5.00. The van der Waals surface area contributed by atoms with Crippen LogP contribution < -0.4 is 0 Å². The SMILES string of the molecule is Cc1nc(C)nc(C)n1.Cc1nc(C)nc(Cc2nc(C)nc(C)n2)n1.Cc1nc(C)nc(Cc2nc(C)nc(Cc3nc(C)nc(C)n3)n2)n1.II. The summed E-state index contributed by atoms with van der Waals surface area (Å²) in [5, 5.41) is 0. The monoisotopic (exact) mass is 944 g/mol. The van der Waals surface area contributed by atoms with Gasteiger partial charge in [-0.2, -0.15) is 0 Å². The highest BCUT2D eigenvalue weighted by Crippen LogP contribution is 2.07. The van der Waals surface area contributed by atoms with E-state index in [0.717, 1.165) is 40.8 Å². The van der Waals surface area contributed by atoms with Gasteiger partial charge in [0.2, 0.25) is 0 Å². The van der Waals surface area contributed by atoms with Gasteiger partial charge >= 0.3 is 0 Å². The van der Waals surface area contributed by atoms with E-state index in [0.29, 0.717) is 83.3 Å². The summed E-state index contributed by atoms with van der Waals surface area (Å²) in [5.74, 6) is 12.6. The van der Waals surface area contributed by atoms with Gasteiger partial charge in [-0.1, -0.05) is 0 Å². The van der Waals surface area contributed by atoms with Crippen molar-refractivity contribution < 1.29 is 0 Å². The van der Waals surface area contributed by atoms with Crippen molar-refractivity contribution >= 4 is 37.2 Å². The van der Waals surface area contributed by atoms with Gasteiger partial charge in [0.15, 0.2) is 0 Å². The topological polar surface area (TPSA) is 232 Å². The molecule has 6 rings (SSSR count). The average Bonchev–Trinajstić information content (AvgIpc) is 3.00. The van der Waals surface area contributed by atoms with Gasteiger partial charge in [-0.25, -0.2) is 89.7 Å². The molecule has 0 saturated carbocycles. The molecular weight excluding hydrogens is 902 g/mol. The van der Waals surface area contributed by atoms with Crippen LogP contribution in [0.15, 0.2) is 0 Å². The fourth-order valence-corrected chi connectivity index (χ4v) is 5.00. The first kappa shape index (κ1) is 42.9. The van der Waals surface area contributed by atoms with Gasteiger partial charge in [0.25, 0.3) is 0 Å². The van der Waals surface area contributed by atoms with Crippen LogP contribution >= 0.6 is 37.2 Å². The Morgan fingerprint density at radius 3 is 0.491 bits per heavy atom. The van der Waals surface area contributed by atoms with Crippen LogP contribution in [0, 0.1) is 83.1 Å². The standard InChI is InChI=1S/C16H19N9.C11H14N6.C6H9N3.I2/c1-8-17-9(2)20-13(19-8)6-15-23-12(5)24-16(25-15)7-14-21-10(3)18-11(4)22-14;1-6-12-7(2)15-10(14-6)5-11-16-8(3)13-9(4)17-11;1-4-7-5(2)9-6(3)8-4;1-2/h6-7H2,1-5H3;5H2,1-4H3;1-3H3;. The Kier molecular flexibility index (Phi) is 16.7. The maximum atomic E-state index is 4.52. The number of hydrogen-bond acceptors (Lipinski definition) is 18. The molecule has 0 aliphatic rings. The van der Waals surface area contributed by atoms with E-state index >= 15 is 0 Å². The van der Waals surface area contributed by atoms with E-state index in [4.69, 9.17) is 0 Å². The predicted molar refractivity (Wildman–Crippen MR) is 212 cm³/mol. The first-order valence-electron chi connectivity index (χ1n) is 16.3. The Morgan fingerprint density at radius 2 is 0.321 bits per heavy atom. The van der Waals surface area contributed by atoms with E-state index in [1.54, 1.807) is 0 Å². The van der Waals surface area contributed by atoms with Crippen LogP contribution in [0.25, 0.3) is 0 Å². The molecule has 0 aromatic carbocycles. The molecule has 6 aromatic heterocycles. The molecule has 0 aliphatic heterocycles. The van der Waals surface area contributed by atoms with E-state index < -0.39 is 0 Å². The minimum absolute atomic E-state index is 0.426. The molecule has 0 radical (unpaired) electrons. The number of rotatable bonds is 6. The summed E-state index contributed by atoms with van der Waals surface area (Å²) in [5.41, 5.74) is 0. The van der Waals surface area contributed by atoms with Gasteiger partial charge in [-0.15, -0.1) is 0 Å². The average molecular weight is 945 g/mol. The van der Waals surface area contributed by atoms with Crippen LogP contribution in [0.4, 0.5) is 0 Å².